The smallest absolute Gasteiger partial charge is 0.378 e. The summed E-state index contributed by atoms with van der Waals surface area (Å²) < 4.78 is 6.37. The summed E-state index contributed by atoms with van der Waals surface area (Å²) in [6, 6.07) is 10.1. The number of hydrogen-bond donors (Lipinski definition) is 1. The topological polar surface area (TPSA) is 122 Å². The normalized spacial score (nSPS) is 10.3. The molecule has 0 unspecified atom stereocenters. The molecule has 9 nitrogen and oxygen atoms in total. The van der Waals surface area contributed by atoms with Crippen molar-refractivity contribution in [1.29, 1.82) is 5.26 Å². The molecule has 0 saturated carbocycles. The van der Waals surface area contributed by atoms with Gasteiger partial charge in [-0.2, -0.15) is 10.2 Å². The molecule has 9 heteroatoms. The van der Waals surface area contributed by atoms with Crippen LogP contribution >= 0.6 is 0 Å². The molecule has 26 heavy (non-hydrogen) atoms. The number of nitrogens with zero attached hydrogens (tertiary/aromatic N) is 5. The molecule has 0 radical (unpaired) electrons. The van der Waals surface area contributed by atoms with Crippen molar-refractivity contribution in [2.75, 3.05) is 11.9 Å². The van der Waals surface area contributed by atoms with Crippen LogP contribution in [0.3, 0.4) is 0 Å². The Hall–Kier alpha value is -3.80. The average molecular weight is 350 g/mol. The van der Waals surface area contributed by atoms with Crippen molar-refractivity contribution in [3.63, 3.8) is 0 Å². The van der Waals surface area contributed by atoms with Gasteiger partial charge in [-0.05, 0) is 44.2 Å². The van der Waals surface area contributed by atoms with E-state index in [1.807, 2.05) is 26.0 Å². The van der Waals surface area contributed by atoms with E-state index in [1.165, 1.54) is 4.52 Å². The van der Waals surface area contributed by atoms with Gasteiger partial charge in [-0.1, -0.05) is 0 Å². The fourth-order valence-electron chi connectivity index (χ4n) is 2.27. The third-order valence-corrected chi connectivity index (χ3v) is 3.43. The molecule has 1 aromatic carbocycles. The number of amides is 1. The predicted octanol–water partition coefficient (Wildman–Crippen LogP) is 1.41. The van der Waals surface area contributed by atoms with Gasteiger partial charge in [0.25, 0.3) is 17.5 Å². The summed E-state index contributed by atoms with van der Waals surface area (Å²) in [6.07, 6.45) is 0. The molecule has 0 aliphatic carbocycles. The summed E-state index contributed by atoms with van der Waals surface area (Å²) in [7, 11) is 0. The first-order chi connectivity index (χ1) is 12.5. The van der Waals surface area contributed by atoms with Gasteiger partial charge in [-0.3, -0.25) is 4.79 Å². The number of fused-ring (bicyclic) bond motifs is 1. The van der Waals surface area contributed by atoms with Gasteiger partial charge in [-0.15, -0.1) is 5.10 Å². The molecule has 2 aromatic heterocycles. The second-order valence-electron chi connectivity index (χ2n) is 5.50. The van der Waals surface area contributed by atoms with Crippen LogP contribution in [0.15, 0.2) is 30.3 Å². The van der Waals surface area contributed by atoms with Crippen LogP contribution in [0.2, 0.25) is 0 Å². The fraction of sp³-hybridized carbons (Fsp3) is 0.176. The zero-order valence-corrected chi connectivity index (χ0v) is 14.1. The van der Waals surface area contributed by atoms with Gasteiger partial charge in [-0.25, -0.2) is 14.3 Å². The van der Waals surface area contributed by atoms with Crippen LogP contribution in [0.5, 0.6) is 0 Å². The molecule has 0 spiro atoms. The first kappa shape index (κ1) is 17.0. The summed E-state index contributed by atoms with van der Waals surface area (Å²) in [5, 5.41) is 15.3. The van der Waals surface area contributed by atoms with Gasteiger partial charge in [0.1, 0.15) is 0 Å². The Morgan fingerprint density at radius 3 is 2.65 bits per heavy atom. The highest BCUT2D eigenvalue weighted by molar-refractivity contribution is 5.94. The lowest BCUT2D eigenvalue weighted by molar-refractivity contribution is -0.119. The highest BCUT2D eigenvalue weighted by atomic mass is 16.5. The van der Waals surface area contributed by atoms with E-state index in [-0.39, 0.29) is 11.6 Å². The number of anilines is 1. The van der Waals surface area contributed by atoms with Crippen LogP contribution < -0.4 is 5.32 Å². The summed E-state index contributed by atoms with van der Waals surface area (Å²) >= 11 is 0. The first-order valence-electron chi connectivity index (χ1n) is 7.64. The SMILES string of the molecule is Cc1cc(C)n2nc(C(=O)OCC(=O)Nc3ccc(C#N)cc3)nc2n1. The predicted molar refractivity (Wildman–Crippen MR) is 90.3 cm³/mol. The lowest BCUT2D eigenvalue weighted by Crippen LogP contribution is -2.21. The van der Waals surface area contributed by atoms with Crippen molar-refractivity contribution in [3.8, 4) is 6.07 Å². The van der Waals surface area contributed by atoms with Crippen LogP contribution in [0, 0.1) is 25.2 Å². The third-order valence-electron chi connectivity index (χ3n) is 3.43. The Bertz CT molecular complexity index is 1030. The molecule has 3 rings (SSSR count). The zero-order valence-electron chi connectivity index (χ0n) is 14.1. The third kappa shape index (κ3) is 3.64. The standard InChI is InChI=1S/C17H14N6O3/c1-10-7-11(2)23-17(19-10)21-15(22-23)16(25)26-9-14(24)20-13-5-3-12(8-18)4-6-13/h3-7H,9H2,1-2H3,(H,20,24). The molecule has 0 atom stereocenters. The monoisotopic (exact) mass is 350 g/mol. The van der Waals surface area contributed by atoms with Gasteiger partial charge < -0.3 is 10.1 Å². The fourth-order valence-corrected chi connectivity index (χ4v) is 2.27. The Kier molecular flexibility index (Phi) is 4.57. The number of aryl methyl sites for hydroxylation is 2. The van der Waals surface area contributed by atoms with E-state index < -0.39 is 18.5 Å². The van der Waals surface area contributed by atoms with Gasteiger partial charge in [0.15, 0.2) is 6.61 Å². The van der Waals surface area contributed by atoms with E-state index in [2.05, 4.69) is 20.4 Å². The van der Waals surface area contributed by atoms with E-state index in [0.29, 0.717) is 11.3 Å². The maximum absolute atomic E-state index is 12.0. The Morgan fingerprint density at radius 2 is 1.96 bits per heavy atom. The van der Waals surface area contributed by atoms with E-state index >= 15 is 0 Å². The van der Waals surface area contributed by atoms with Crippen molar-refractivity contribution in [2.24, 2.45) is 0 Å². The number of carbonyl (C=O) groups excluding carboxylic acids is 2. The summed E-state index contributed by atoms with van der Waals surface area (Å²) in [6.45, 7) is 3.14. The van der Waals surface area contributed by atoms with E-state index in [0.717, 1.165) is 11.4 Å². The molecule has 0 saturated heterocycles. The number of ether oxygens (including phenoxy) is 1. The number of esters is 1. The Morgan fingerprint density at radius 1 is 1.23 bits per heavy atom. The Balaban J connectivity index is 1.62. The lowest BCUT2D eigenvalue weighted by Gasteiger charge is -2.05. The number of carbonyl (C=O) groups is 2. The summed E-state index contributed by atoms with van der Waals surface area (Å²) in [5.74, 6) is -1.21. The summed E-state index contributed by atoms with van der Waals surface area (Å²) in [4.78, 5) is 32.1. The largest absolute Gasteiger partial charge is 0.450 e. The maximum atomic E-state index is 12.0. The van der Waals surface area contributed by atoms with Crippen molar-refractivity contribution in [3.05, 3.63) is 53.1 Å². The van der Waals surface area contributed by atoms with Crippen LogP contribution in [-0.4, -0.2) is 38.1 Å². The number of benzene rings is 1. The number of nitriles is 1. The molecule has 130 valence electrons. The minimum absolute atomic E-state index is 0.169. The van der Waals surface area contributed by atoms with Crippen molar-refractivity contribution in [2.45, 2.75) is 13.8 Å². The quantitative estimate of drug-likeness (QED) is 0.706. The van der Waals surface area contributed by atoms with Crippen LogP contribution in [0.1, 0.15) is 27.6 Å². The minimum atomic E-state index is -0.817. The Labute approximate surface area is 148 Å². The molecule has 3 aromatic rings. The highest BCUT2D eigenvalue weighted by Gasteiger charge is 2.17. The van der Waals surface area contributed by atoms with Crippen LogP contribution in [0.25, 0.3) is 5.78 Å². The van der Waals surface area contributed by atoms with E-state index in [4.69, 9.17) is 10.00 Å². The molecule has 1 N–H and O–H groups in total. The van der Waals surface area contributed by atoms with E-state index in [1.54, 1.807) is 24.3 Å². The minimum Gasteiger partial charge on any atom is -0.450 e. The number of nitrogens with one attached hydrogen (secondary N) is 1. The number of hydrogen-bond acceptors (Lipinski definition) is 7. The maximum Gasteiger partial charge on any atom is 0.378 e. The summed E-state index contributed by atoms with van der Waals surface area (Å²) in [5.41, 5.74) is 2.50. The van der Waals surface area contributed by atoms with Crippen LogP contribution in [-0.2, 0) is 9.53 Å². The second kappa shape index (κ2) is 6.98. The van der Waals surface area contributed by atoms with Crippen molar-refractivity contribution in [1.82, 2.24) is 19.6 Å². The van der Waals surface area contributed by atoms with Gasteiger partial charge in [0.05, 0.1) is 11.6 Å². The van der Waals surface area contributed by atoms with Crippen molar-refractivity contribution < 1.29 is 14.3 Å². The van der Waals surface area contributed by atoms with Crippen molar-refractivity contribution >= 4 is 23.3 Å². The highest BCUT2D eigenvalue weighted by Crippen LogP contribution is 2.09. The number of aromatic nitrogens is 4. The van der Waals surface area contributed by atoms with E-state index in [9.17, 15) is 9.59 Å². The van der Waals surface area contributed by atoms with Gasteiger partial charge >= 0.3 is 5.97 Å². The molecule has 0 aliphatic heterocycles. The van der Waals surface area contributed by atoms with Crippen LogP contribution in [0.4, 0.5) is 5.69 Å². The van der Waals surface area contributed by atoms with Gasteiger partial charge in [0.2, 0.25) is 0 Å². The average Bonchev–Trinajstić information content (AvgIpc) is 3.05. The molecule has 0 aliphatic rings. The van der Waals surface area contributed by atoms with Gasteiger partial charge in [0, 0.05) is 17.1 Å². The molecule has 2 heterocycles. The lowest BCUT2D eigenvalue weighted by atomic mass is 10.2. The first-order valence-corrected chi connectivity index (χ1v) is 7.64. The molecular weight excluding hydrogens is 336 g/mol. The number of rotatable bonds is 4. The second-order valence-corrected chi connectivity index (χ2v) is 5.50. The molecule has 0 bridgehead atoms. The molecular formula is C17H14N6O3. The zero-order chi connectivity index (χ0) is 18.7. The molecule has 0 fully saturated rings. The molecule has 1 amide bonds.